The van der Waals surface area contributed by atoms with E-state index >= 15 is 0 Å². The SMILES string of the molecule is Clc1cncc(O[C@H]2CC[C@H](c3nnc4n3-c3ccc(Cl)cc3CNC4)CC2)c1. The summed E-state index contributed by atoms with van der Waals surface area (Å²) in [4.78, 5) is 4.10. The first-order valence-corrected chi connectivity index (χ1v) is 10.6. The Labute approximate surface area is 179 Å². The van der Waals surface area contributed by atoms with Crippen LogP contribution in [0.2, 0.25) is 10.0 Å². The van der Waals surface area contributed by atoms with E-state index in [1.54, 1.807) is 12.4 Å². The molecule has 1 aromatic carbocycles. The highest BCUT2D eigenvalue weighted by Gasteiger charge is 2.30. The van der Waals surface area contributed by atoms with Gasteiger partial charge in [0.15, 0.2) is 5.82 Å². The summed E-state index contributed by atoms with van der Waals surface area (Å²) in [6.07, 6.45) is 7.44. The van der Waals surface area contributed by atoms with Gasteiger partial charge in [0.2, 0.25) is 0 Å². The van der Waals surface area contributed by atoms with Gasteiger partial charge in [-0.05, 0) is 49.4 Å². The van der Waals surface area contributed by atoms with Crippen molar-refractivity contribution < 1.29 is 4.74 Å². The number of nitrogens with zero attached hydrogens (tertiary/aromatic N) is 4. The van der Waals surface area contributed by atoms with Gasteiger partial charge < -0.3 is 10.1 Å². The Morgan fingerprint density at radius 3 is 2.66 bits per heavy atom. The van der Waals surface area contributed by atoms with Crippen LogP contribution in [0.15, 0.2) is 36.7 Å². The summed E-state index contributed by atoms with van der Waals surface area (Å²) in [6, 6.07) is 7.84. The van der Waals surface area contributed by atoms with Gasteiger partial charge in [-0.2, -0.15) is 0 Å². The molecule has 6 nitrogen and oxygen atoms in total. The van der Waals surface area contributed by atoms with Gasteiger partial charge in [-0.25, -0.2) is 0 Å². The Balaban J connectivity index is 1.35. The highest BCUT2D eigenvalue weighted by molar-refractivity contribution is 6.30. The first-order valence-electron chi connectivity index (χ1n) is 9.88. The van der Waals surface area contributed by atoms with Crippen LogP contribution in [0.1, 0.15) is 48.8 Å². The first kappa shape index (κ1) is 18.9. The maximum atomic E-state index is 6.22. The Bertz CT molecular complexity index is 1030. The van der Waals surface area contributed by atoms with Crippen molar-refractivity contribution in [2.75, 3.05) is 0 Å². The van der Waals surface area contributed by atoms with Crippen molar-refractivity contribution in [3.05, 3.63) is 63.9 Å². The van der Waals surface area contributed by atoms with Gasteiger partial charge in [0, 0.05) is 29.7 Å². The van der Waals surface area contributed by atoms with Crippen molar-refractivity contribution in [1.82, 2.24) is 25.1 Å². The number of hydrogen-bond donors (Lipinski definition) is 1. The predicted molar refractivity (Wildman–Crippen MR) is 112 cm³/mol. The number of nitrogens with one attached hydrogen (secondary N) is 1. The molecular weight excluding hydrogens is 409 g/mol. The topological polar surface area (TPSA) is 64.9 Å². The molecular formula is C21H21Cl2N5O. The third-order valence-corrected chi connectivity index (χ3v) is 6.10. The molecule has 0 spiro atoms. The van der Waals surface area contributed by atoms with E-state index in [2.05, 4.69) is 31.1 Å². The molecule has 0 atom stereocenters. The number of aromatic nitrogens is 4. The summed E-state index contributed by atoms with van der Waals surface area (Å²) >= 11 is 12.2. The van der Waals surface area contributed by atoms with Crippen molar-refractivity contribution in [2.24, 2.45) is 0 Å². The summed E-state index contributed by atoms with van der Waals surface area (Å²) in [6.45, 7) is 1.46. The molecule has 0 radical (unpaired) electrons. The van der Waals surface area contributed by atoms with Gasteiger partial charge in [0.1, 0.15) is 11.6 Å². The lowest BCUT2D eigenvalue weighted by Gasteiger charge is -2.29. The van der Waals surface area contributed by atoms with Gasteiger partial charge in [0.05, 0.1) is 29.6 Å². The second-order valence-corrected chi connectivity index (χ2v) is 8.49. The largest absolute Gasteiger partial charge is 0.489 e. The number of ether oxygens (including phenoxy) is 1. The van der Waals surface area contributed by atoms with Gasteiger partial charge in [0.25, 0.3) is 0 Å². The quantitative estimate of drug-likeness (QED) is 0.654. The van der Waals surface area contributed by atoms with E-state index in [-0.39, 0.29) is 6.10 Å². The molecule has 1 aliphatic heterocycles. The minimum atomic E-state index is 0.172. The number of fused-ring (bicyclic) bond motifs is 3. The fraction of sp³-hybridized carbons (Fsp3) is 0.381. The lowest BCUT2D eigenvalue weighted by molar-refractivity contribution is 0.144. The van der Waals surface area contributed by atoms with Crippen molar-refractivity contribution >= 4 is 23.2 Å². The zero-order chi connectivity index (χ0) is 19.8. The van der Waals surface area contributed by atoms with Gasteiger partial charge in [-0.3, -0.25) is 9.55 Å². The molecule has 3 aromatic rings. The molecule has 0 saturated heterocycles. The molecule has 150 valence electrons. The van der Waals surface area contributed by atoms with Crippen molar-refractivity contribution in [3.63, 3.8) is 0 Å². The maximum Gasteiger partial charge on any atom is 0.151 e. The van der Waals surface area contributed by atoms with Crippen LogP contribution >= 0.6 is 23.2 Å². The third kappa shape index (κ3) is 3.84. The molecule has 8 heteroatoms. The minimum Gasteiger partial charge on any atom is -0.489 e. The van der Waals surface area contributed by atoms with Gasteiger partial charge >= 0.3 is 0 Å². The second kappa shape index (κ2) is 7.94. The van der Waals surface area contributed by atoms with Crippen molar-refractivity contribution in [2.45, 2.75) is 50.8 Å². The van der Waals surface area contributed by atoms with E-state index in [9.17, 15) is 0 Å². The highest BCUT2D eigenvalue weighted by Crippen LogP contribution is 2.36. The van der Waals surface area contributed by atoms with Crippen LogP contribution in [0, 0.1) is 0 Å². The van der Waals surface area contributed by atoms with E-state index in [0.29, 0.717) is 17.5 Å². The lowest BCUT2D eigenvalue weighted by atomic mass is 9.86. The van der Waals surface area contributed by atoms with Crippen LogP contribution in [0.4, 0.5) is 0 Å². The van der Waals surface area contributed by atoms with Crippen molar-refractivity contribution in [3.8, 4) is 11.4 Å². The number of benzene rings is 1. The summed E-state index contributed by atoms with van der Waals surface area (Å²) in [5.74, 6) is 3.07. The van der Waals surface area contributed by atoms with Gasteiger partial charge in [-0.1, -0.05) is 23.2 Å². The van der Waals surface area contributed by atoms with Crippen LogP contribution in [-0.4, -0.2) is 25.9 Å². The molecule has 0 unspecified atom stereocenters. The van der Waals surface area contributed by atoms with E-state index < -0.39 is 0 Å². The van der Waals surface area contributed by atoms with Gasteiger partial charge in [-0.15, -0.1) is 10.2 Å². The molecule has 3 heterocycles. The smallest absolute Gasteiger partial charge is 0.151 e. The Kier molecular flexibility index (Phi) is 5.16. The Morgan fingerprint density at radius 2 is 1.83 bits per heavy atom. The highest BCUT2D eigenvalue weighted by atomic mass is 35.5. The summed E-state index contributed by atoms with van der Waals surface area (Å²) in [7, 11) is 0. The summed E-state index contributed by atoms with van der Waals surface area (Å²) in [5, 5.41) is 13.8. The number of pyridine rings is 1. The molecule has 1 fully saturated rings. The molecule has 5 rings (SSSR count). The average Bonchev–Trinajstić information content (AvgIpc) is 3.04. The van der Waals surface area contributed by atoms with E-state index in [1.165, 1.54) is 5.56 Å². The molecule has 1 saturated carbocycles. The van der Waals surface area contributed by atoms with E-state index in [4.69, 9.17) is 27.9 Å². The van der Waals surface area contributed by atoms with Crippen LogP contribution in [-0.2, 0) is 13.1 Å². The third-order valence-electron chi connectivity index (χ3n) is 5.66. The molecule has 2 aliphatic rings. The Hall–Kier alpha value is -2.15. The molecule has 0 amide bonds. The monoisotopic (exact) mass is 429 g/mol. The maximum absolute atomic E-state index is 6.22. The lowest BCUT2D eigenvalue weighted by Crippen LogP contribution is -2.25. The van der Waals surface area contributed by atoms with E-state index in [0.717, 1.165) is 60.3 Å². The minimum absolute atomic E-state index is 0.172. The number of rotatable bonds is 3. The van der Waals surface area contributed by atoms with Crippen molar-refractivity contribution in [1.29, 1.82) is 0 Å². The summed E-state index contributed by atoms with van der Waals surface area (Å²) in [5.41, 5.74) is 2.29. The molecule has 29 heavy (non-hydrogen) atoms. The Morgan fingerprint density at radius 1 is 0.966 bits per heavy atom. The first-order chi connectivity index (χ1) is 14.2. The number of hydrogen-bond acceptors (Lipinski definition) is 5. The fourth-order valence-electron chi connectivity index (χ4n) is 4.28. The molecule has 1 aliphatic carbocycles. The zero-order valence-electron chi connectivity index (χ0n) is 15.8. The average molecular weight is 430 g/mol. The summed E-state index contributed by atoms with van der Waals surface area (Å²) < 4.78 is 8.31. The van der Waals surface area contributed by atoms with E-state index in [1.807, 2.05) is 18.2 Å². The van der Waals surface area contributed by atoms with Crippen LogP contribution in [0.3, 0.4) is 0 Å². The zero-order valence-corrected chi connectivity index (χ0v) is 17.3. The standard InChI is InChI=1S/C21H21Cl2N5O/c22-15-3-6-19-14(7-15)9-24-12-20-26-27-21(28(19)20)13-1-4-17(5-2-13)29-18-8-16(23)10-25-11-18/h3,6-8,10-11,13,17,24H,1-2,4-5,9,12H2/t13-,17-. The second-order valence-electron chi connectivity index (χ2n) is 7.62. The van der Waals surface area contributed by atoms with Crippen LogP contribution in [0.5, 0.6) is 5.75 Å². The fourth-order valence-corrected chi connectivity index (χ4v) is 4.64. The normalized spacial score (nSPS) is 21.2. The molecule has 0 bridgehead atoms. The van der Waals surface area contributed by atoms with Crippen LogP contribution < -0.4 is 10.1 Å². The van der Waals surface area contributed by atoms with Crippen LogP contribution in [0.25, 0.3) is 5.69 Å². The predicted octanol–water partition coefficient (Wildman–Crippen LogP) is 4.68. The molecule has 1 N–H and O–H groups in total. The molecule has 2 aromatic heterocycles. The number of halogens is 2.